The number of rotatable bonds is 5. The zero-order valence-corrected chi connectivity index (χ0v) is 13.6. The normalized spacial score (nSPS) is 14.3. The first-order valence-corrected chi connectivity index (χ1v) is 7.97. The third kappa shape index (κ3) is 3.80. The van der Waals surface area contributed by atoms with Crippen LogP contribution < -0.4 is 10.2 Å². The van der Waals surface area contributed by atoms with Crippen LogP contribution in [0, 0.1) is 0 Å². The maximum Gasteiger partial charge on any atom is 0.340 e. The average molecular weight is 328 g/mol. The molecular weight excluding hydrogens is 308 g/mol. The molecule has 1 saturated heterocycles. The number of benzene rings is 1. The molecule has 1 aromatic carbocycles. The largest absolute Gasteiger partial charge is 0.462 e. The summed E-state index contributed by atoms with van der Waals surface area (Å²) in [7, 11) is 0. The molecule has 0 aliphatic carbocycles. The molecule has 1 aliphatic heterocycles. The second kappa shape index (κ2) is 7.74. The SMILES string of the molecule is CCOC(=O)c1ccccc1Nc1nccc(N2CCOCC2)n1. The topological polar surface area (TPSA) is 76.6 Å². The van der Waals surface area contributed by atoms with Gasteiger partial charge in [0.1, 0.15) is 5.82 Å². The van der Waals surface area contributed by atoms with Gasteiger partial charge in [-0.3, -0.25) is 0 Å². The summed E-state index contributed by atoms with van der Waals surface area (Å²) in [6.45, 7) is 5.10. The van der Waals surface area contributed by atoms with E-state index in [1.165, 1.54) is 0 Å². The van der Waals surface area contributed by atoms with Gasteiger partial charge in [-0.05, 0) is 25.1 Å². The van der Waals surface area contributed by atoms with E-state index in [-0.39, 0.29) is 5.97 Å². The molecule has 7 heteroatoms. The minimum Gasteiger partial charge on any atom is -0.462 e. The highest BCUT2D eigenvalue weighted by Gasteiger charge is 2.15. The monoisotopic (exact) mass is 328 g/mol. The molecule has 1 fully saturated rings. The third-order valence-corrected chi connectivity index (χ3v) is 3.64. The number of carbonyl (C=O) groups excluding carboxylic acids is 1. The molecule has 2 heterocycles. The van der Waals surface area contributed by atoms with E-state index in [1.807, 2.05) is 12.1 Å². The number of nitrogens with zero attached hydrogens (tertiary/aromatic N) is 3. The van der Waals surface area contributed by atoms with E-state index in [2.05, 4.69) is 20.2 Å². The van der Waals surface area contributed by atoms with Crippen molar-refractivity contribution in [2.45, 2.75) is 6.92 Å². The second-order valence-corrected chi connectivity index (χ2v) is 5.23. The number of ether oxygens (including phenoxy) is 2. The summed E-state index contributed by atoms with van der Waals surface area (Å²) < 4.78 is 10.4. The molecule has 0 saturated carbocycles. The van der Waals surface area contributed by atoms with Gasteiger partial charge in [0, 0.05) is 19.3 Å². The molecule has 0 unspecified atom stereocenters. The van der Waals surface area contributed by atoms with Crippen LogP contribution in [0.3, 0.4) is 0 Å². The highest BCUT2D eigenvalue weighted by Crippen LogP contribution is 2.21. The summed E-state index contributed by atoms with van der Waals surface area (Å²) >= 11 is 0. The van der Waals surface area contributed by atoms with Gasteiger partial charge in [-0.25, -0.2) is 9.78 Å². The molecule has 0 spiro atoms. The molecule has 1 aliphatic rings. The summed E-state index contributed by atoms with van der Waals surface area (Å²) in [6.07, 6.45) is 1.70. The van der Waals surface area contributed by atoms with E-state index in [0.29, 0.717) is 37.0 Å². The fourth-order valence-corrected chi connectivity index (χ4v) is 2.48. The van der Waals surface area contributed by atoms with Gasteiger partial charge >= 0.3 is 5.97 Å². The Kier molecular flexibility index (Phi) is 5.22. The van der Waals surface area contributed by atoms with E-state index in [4.69, 9.17) is 9.47 Å². The number of hydrogen-bond donors (Lipinski definition) is 1. The first-order valence-electron chi connectivity index (χ1n) is 7.97. The summed E-state index contributed by atoms with van der Waals surface area (Å²) in [6, 6.07) is 9.02. The zero-order chi connectivity index (χ0) is 16.8. The molecular formula is C17H20N4O3. The van der Waals surface area contributed by atoms with Crippen LogP contribution in [0.4, 0.5) is 17.5 Å². The quantitative estimate of drug-likeness (QED) is 0.843. The van der Waals surface area contributed by atoms with Crippen LogP contribution in [-0.2, 0) is 9.47 Å². The number of nitrogens with one attached hydrogen (secondary N) is 1. The molecule has 0 bridgehead atoms. The molecule has 1 N–H and O–H groups in total. The molecule has 3 rings (SSSR count). The van der Waals surface area contributed by atoms with Gasteiger partial charge in [0.25, 0.3) is 0 Å². The van der Waals surface area contributed by atoms with Gasteiger partial charge in [-0.15, -0.1) is 0 Å². The minimum atomic E-state index is -0.370. The van der Waals surface area contributed by atoms with Crippen LogP contribution in [-0.4, -0.2) is 48.8 Å². The average Bonchev–Trinajstić information content (AvgIpc) is 2.63. The van der Waals surface area contributed by atoms with E-state index >= 15 is 0 Å². The molecule has 1 aromatic heterocycles. The van der Waals surface area contributed by atoms with Crippen LogP contribution in [0.25, 0.3) is 0 Å². The predicted molar refractivity (Wildman–Crippen MR) is 90.7 cm³/mol. The maximum absolute atomic E-state index is 12.0. The van der Waals surface area contributed by atoms with E-state index in [9.17, 15) is 4.79 Å². The molecule has 0 amide bonds. The van der Waals surface area contributed by atoms with Crippen molar-refractivity contribution >= 4 is 23.4 Å². The van der Waals surface area contributed by atoms with Crippen LogP contribution >= 0.6 is 0 Å². The Morgan fingerprint density at radius 1 is 1.29 bits per heavy atom. The Morgan fingerprint density at radius 3 is 2.88 bits per heavy atom. The van der Waals surface area contributed by atoms with Crippen LogP contribution in [0.1, 0.15) is 17.3 Å². The smallest absolute Gasteiger partial charge is 0.340 e. The fourth-order valence-electron chi connectivity index (χ4n) is 2.48. The molecule has 0 atom stereocenters. The number of aromatic nitrogens is 2. The highest BCUT2D eigenvalue weighted by atomic mass is 16.5. The highest BCUT2D eigenvalue weighted by molar-refractivity contribution is 5.96. The molecule has 2 aromatic rings. The lowest BCUT2D eigenvalue weighted by molar-refractivity contribution is 0.0527. The number of esters is 1. The zero-order valence-electron chi connectivity index (χ0n) is 13.6. The Hall–Kier alpha value is -2.67. The van der Waals surface area contributed by atoms with Gasteiger partial charge in [-0.1, -0.05) is 12.1 Å². The minimum absolute atomic E-state index is 0.330. The van der Waals surface area contributed by atoms with Gasteiger partial charge in [0.2, 0.25) is 5.95 Å². The summed E-state index contributed by atoms with van der Waals surface area (Å²) in [5.41, 5.74) is 1.08. The van der Waals surface area contributed by atoms with Gasteiger partial charge in [-0.2, -0.15) is 4.98 Å². The lowest BCUT2D eigenvalue weighted by atomic mass is 10.2. The van der Waals surface area contributed by atoms with Crippen molar-refractivity contribution in [2.24, 2.45) is 0 Å². The van der Waals surface area contributed by atoms with Crippen molar-refractivity contribution in [1.82, 2.24) is 9.97 Å². The molecule has 0 radical (unpaired) electrons. The Morgan fingerprint density at radius 2 is 2.08 bits per heavy atom. The number of morpholine rings is 1. The number of hydrogen-bond acceptors (Lipinski definition) is 7. The first-order chi connectivity index (χ1) is 11.8. The lowest BCUT2D eigenvalue weighted by Gasteiger charge is -2.27. The van der Waals surface area contributed by atoms with Crippen molar-refractivity contribution < 1.29 is 14.3 Å². The lowest BCUT2D eigenvalue weighted by Crippen LogP contribution is -2.36. The summed E-state index contributed by atoms with van der Waals surface area (Å²) in [4.78, 5) is 23.0. The number of carbonyl (C=O) groups is 1. The van der Waals surface area contributed by atoms with Crippen molar-refractivity contribution in [3.8, 4) is 0 Å². The van der Waals surface area contributed by atoms with E-state index < -0.39 is 0 Å². The van der Waals surface area contributed by atoms with Gasteiger partial charge in [0.05, 0.1) is 31.1 Å². The Bertz CT molecular complexity index is 702. The molecule has 126 valence electrons. The summed E-state index contributed by atoms with van der Waals surface area (Å²) in [5.74, 6) is 0.907. The van der Waals surface area contributed by atoms with Crippen LogP contribution in [0.15, 0.2) is 36.5 Å². The van der Waals surface area contributed by atoms with Gasteiger partial charge in [0.15, 0.2) is 0 Å². The van der Waals surface area contributed by atoms with Gasteiger partial charge < -0.3 is 19.7 Å². The van der Waals surface area contributed by atoms with Crippen molar-refractivity contribution in [3.05, 3.63) is 42.1 Å². The standard InChI is InChI=1S/C17H20N4O3/c1-2-24-16(22)13-5-3-4-6-14(13)19-17-18-8-7-15(20-17)21-9-11-23-12-10-21/h3-8H,2,9-12H2,1H3,(H,18,19,20). The fraction of sp³-hybridized carbons (Fsp3) is 0.353. The Labute approximate surface area is 140 Å². The van der Waals surface area contributed by atoms with Crippen LogP contribution in [0.2, 0.25) is 0 Å². The molecule has 7 nitrogen and oxygen atoms in total. The van der Waals surface area contributed by atoms with Crippen molar-refractivity contribution in [1.29, 1.82) is 0 Å². The maximum atomic E-state index is 12.0. The number of anilines is 3. The second-order valence-electron chi connectivity index (χ2n) is 5.23. The predicted octanol–water partition coefficient (Wildman–Crippen LogP) is 2.23. The molecule has 24 heavy (non-hydrogen) atoms. The number of para-hydroxylation sites is 1. The Balaban J connectivity index is 1.80. The third-order valence-electron chi connectivity index (χ3n) is 3.64. The summed E-state index contributed by atoms with van der Waals surface area (Å²) in [5, 5.41) is 3.11. The van der Waals surface area contributed by atoms with E-state index in [1.54, 1.807) is 31.3 Å². The van der Waals surface area contributed by atoms with Crippen molar-refractivity contribution in [3.63, 3.8) is 0 Å². The first kappa shape index (κ1) is 16.2. The van der Waals surface area contributed by atoms with Crippen molar-refractivity contribution in [2.75, 3.05) is 43.1 Å². The van der Waals surface area contributed by atoms with Crippen LogP contribution in [0.5, 0.6) is 0 Å². The van der Waals surface area contributed by atoms with E-state index in [0.717, 1.165) is 18.9 Å².